The summed E-state index contributed by atoms with van der Waals surface area (Å²) in [5.41, 5.74) is 5.60. The Morgan fingerprint density at radius 1 is 1.12 bits per heavy atom. The minimum absolute atomic E-state index is 0.177. The van der Waals surface area contributed by atoms with Crippen molar-refractivity contribution in [3.63, 3.8) is 0 Å². The summed E-state index contributed by atoms with van der Waals surface area (Å²) < 4.78 is 7.47. The van der Waals surface area contributed by atoms with Crippen molar-refractivity contribution in [2.75, 3.05) is 12.9 Å². The van der Waals surface area contributed by atoms with Crippen molar-refractivity contribution in [3.05, 3.63) is 71.8 Å². The van der Waals surface area contributed by atoms with Gasteiger partial charge in [0.15, 0.2) is 11.0 Å². The molecule has 4 rings (SSSR count). The number of hydrogen-bond donors (Lipinski definition) is 1. The van der Waals surface area contributed by atoms with E-state index in [0.29, 0.717) is 17.5 Å². The van der Waals surface area contributed by atoms with Crippen LogP contribution >= 0.6 is 11.8 Å². The van der Waals surface area contributed by atoms with Gasteiger partial charge < -0.3 is 9.30 Å². The second kappa shape index (κ2) is 10.3. The second-order valence-corrected chi connectivity index (χ2v) is 8.34. The molecular formula is C25H25N5O2S. The summed E-state index contributed by atoms with van der Waals surface area (Å²) in [6.07, 6.45) is 1.62. The standard InChI is InChI=1S/C25H25N5O2S/c1-4-30-24(19-11-9-17(2)10-12-19)28-29-25(30)33-16-23(31)27-26-15-21-20-8-6-5-7-18(20)13-14-22(21)32-3/h5-15H,4,16H2,1-3H3,(H,27,31)/b26-15+. The Kier molecular flexibility index (Phi) is 7.04. The molecule has 4 aromatic rings. The Labute approximate surface area is 196 Å². The maximum Gasteiger partial charge on any atom is 0.250 e. The third-order valence-corrected chi connectivity index (χ3v) is 6.18. The van der Waals surface area contributed by atoms with E-state index in [2.05, 4.69) is 20.7 Å². The average molecular weight is 460 g/mol. The number of carbonyl (C=O) groups excluding carboxylic acids is 1. The van der Waals surface area contributed by atoms with Crippen molar-refractivity contribution >= 4 is 34.7 Å². The predicted molar refractivity (Wildman–Crippen MR) is 133 cm³/mol. The molecule has 0 saturated carbocycles. The molecule has 0 saturated heterocycles. The summed E-state index contributed by atoms with van der Waals surface area (Å²) in [7, 11) is 1.62. The third-order valence-electron chi connectivity index (χ3n) is 5.21. The van der Waals surface area contributed by atoms with E-state index in [1.807, 2.05) is 79.1 Å². The molecule has 1 aromatic heterocycles. The predicted octanol–water partition coefficient (Wildman–Crippen LogP) is 4.68. The maximum atomic E-state index is 12.4. The molecule has 0 aliphatic heterocycles. The number of amides is 1. The molecule has 33 heavy (non-hydrogen) atoms. The Hall–Kier alpha value is -3.65. The minimum Gasteiger partial charge on any atom is -0.496 e. The maximum absolute atomic E-state index is 12.4. The normalized spacial score (nSPS) is 11.2. The van der Waals surface area contributed by atoms with Gasteiger partial charge in [-0.1, -0.05) is 71.9 Å². The van der Waals surface area contributed by atoms with Gasteiger partial charge in [0.2, 0.25) is 0 Å². The Bertz CT molecular complexity index is 1300. The lowest BCUT2D eigenvalue weighted by Gasteiger charge is -2.08. The molecule has 0 aliphatic rings. The van der Waals surface area contributed by atoms with Gasteiger partial charge in [0.1, 0.15) is 5.75 Å². The molecule has 1 heterocycles. The number of ether oxygens (including phenoxy) is 1. The van der Waals surface area contributed by atoms with Gasteiger partial charge in [-0.05, 0) is 30.7 Å². The van der Waals surface area contributed by atoms with Crippen molar-refractivity contribution in [2.45, 2.75) is 25.5 Å². The summed E-state index contributed by atoms with van der Waals surface area (Å²) >= 11 is 1.33. The number of nitrogens with zero attached hydrogens (tertiary/aromatic N) is 4. The van der Waals surface area contributed by atoms with Gasteiger partial charge in [0.05, 0.1) is 19.1 Å². The number of aromatic nitrogens is 3. The largest absolute Gasteiger partial charge is 0.496 e. The first-order chi connectivity index (χ1) is 16.1. The molecule has 0 radical (unpaired) electrons. The van der Waals surface area contributed by atoms with Crippen LogP contribution in [0.4, 0.5) is 0 Å². The fourth-order valence-electron chi connectivity index (χ4n) is 3.51. The fourth-order valence-corrected chi connectivity index (χ4v) is 4.31. The molecule has 1 N–H and O–H groups in total. The van der Waals surface area contributed by atoms with Crippen molar-refractivity contribution in [3.8, 4) is 17.1 Å². The molecule has 0 unspecified atom stereocenters. The Balaban J connectivity index is 1.42. The highest BCUT2D eigenvalue weighted by Crippen LogP contribution is 2.26. The van der Waals surface area contributed by atoms with Crippen LogP contribution in [0, 0.1) is 6.92 Å². The van der Waals surface area contributed by atoms with Crippen LogP contribution in [-0.2, 0) is 11.3 Å². The number of benzene rings is 3. The van der Waals surface area contributed by atoms with Crippen LogP contribution in [0.3, 0.4) is 0 Å². The van der Waals surface area contributed by atoms with E-state index in [0.717, 1.165) is 27.7 Å². The van der Waals surface area contributed by atoms with Crippen LogP contribution in [0.5, 0.6) is 5.75 Å². The van der Waals surface area contributed by atoms with Crippen LogP contribution < -0.4 is 10.2 Å². The van der Waals surface area contributed by atoms with Crippen molar-refractivity contribution in [1.29, 1.82) is 0 Å². The van der Waals surface area contributed by atoms with Crippen molar-refractivity contribution in [1.82, 2.24) is 20.2 Å². The van der Waals surface area contributed by atoms with Crippen molar-refractivity contribution < 1.29 is 9.53 Å². The van der Waals surface area contributed by atoms with Crippen molar-refractivity contribution in [2.24, 2.45) is 5.10 Å². The topological polar surface area (TPSA) is 81.4 Å². The highest BCUT2D eigenvalue weighted by Gasteiger charge is 2.14. The molecule has 0 atom stereocenters. The fraction of sp³-hybridized carbons (Fsp3) is 0.200. The monoisotopic (exact) mass is 459 g/mol. The van der Waals surface area contributed by atoms with E-state index in [-0.39, 0.29) is 11.7 Å². The molecular weight excluding hydrogens is 434 g/mol. The highest BCUT2D eigenvalue weighted by molar-refractivity contribution is 7.99. The summed E-state index contributed by atoms with van der Waals surface area (Å²) in [5.74, 6) is 1.44. The zero-order valence-electron chi connectivity index (χ0n) is 18.8. The average Bonchev–Trinajstić information content (AvgIpc) is 3.26. The number of aryl methyl sites for hydroxylation is 1. The quantitative estimate of drug-likeness (QED) is 0.235. The van der Waals surface area contributed by atoms with Crippen LogP contribution in [0.25, 0.3) is 22.2 Å². The summed E-state index contributed by atoms with van der Waals surface area (Å²) in [6, 6.07) is 20.0. The number of fused-ring (bicyclic) bond motifs is 1. The van der Waals surface area contributed by atoms with E-state index < -0.39 is 0 Å². The molecule has 0 spiro atoms. The number of thioether (sulfide) groups is 1. The first kappa shape index (κ1) is 22.5. The van der Waals surface area contributed by atoms with E-state index in [1.54, 1.807) is 13.3 Å². The van der Waals surface area contributed by atoms with Gasteiger partial charge in [-0.2, -0.15) is 5.10 Å². The molecule has 1 amide bonds. The second-order valence-electron chi connectivity index (χ2n) is 7.40. The Morgan fingerprint density at radius 2 is 1.91 bits per heavy atom. The SMILES string of the molecule is CCn1c(SCC(=O)N/N=C/c2c(OC)ccc3ccccc23)nnc1-c1ccc(C)cc1. The lowest BCUT2D eigenvalue weighted by atomic mass is 10.0. The van der Waals surface area contributed by atoms with E-state index >= 15 is 0 Å². The van der Waals surface area contributed by atoms with Crippen LogP contribution in [-0.4, -0.2) is 39.7 Å². The van der Waals surface area contributed by atoms with E-state index in [9.17, 15) is 4.79 Å². The molecule has 0 aliphatic carbocycles. The number of carbonyl (C=O) groups is 1. The first-order valence-corrected chi connectivity index (χ1v) is 11.6. The van der Waals surface area contributed by atoms with Gasteiger partial charge in [-0.15, -0.1) is 10.2 Å². The van der Waals surface area contributed by atoms with Crippen LogP contribution in [0.1, 0.15) is 18.1 Å². The van der Waals surface area contributed by atoms with Gasteiger partial charge in [-0.3, -0.25) is 4.79 Å². The zero-order chi connectivity index (χ0) is 23.2. The van der Waals surface area contributed by atoms with E-state index in [4.69, 9.17) is 4.74 Å². The van der Waals surface area contributed by atoms with Crippen LogP contribution in [0.15, 0.2) is 70.9 Å². The molecule has 168 valence electrons. The molecule has 0 fully saturated rings. The van der Waals surface area contributed by atoms with Gasteiger partial charge in [-0.25, -0.2) is 5.43 Å². The van der Waals surface area contributed by atoms with Gasteiger partial charge >= 0.3 is 0 Å². The number of nitrogens with one attached hydrogen (secondary N) is 1. The number of methoxy groups -OCH3 is 1. The number of rotatable bonds is 8. The molecule has 0 bridgehead atoms. The third kappa shape index (κ3) is 5.06. The van der Waals surface area contributed by atoms with Gasteiger partial charge in [0.25, 0.3) is 5.91 Å². The molecule has 3 aromatic carbocycles. The number of hydrogen-bond acceptors (Lipinski definition) is 6. The lowest BCUT2D eigenvalue weighted by Crippen LogP contribution is -2.20. The first-order valence-electron chi connectivity index (χ1n) is 10.6. The summed E-state index contributed by atoms with van der Waals surface area (Å²) in [5, 5.41) is 15.5. The highest BCUT2D eigenvalue weighted by atomic mass is 32.2. The summed E-state index contributed by atoms with van der Waals surface area (Å²) in [4.78, 5) is 12.4. The molecule has 8 heteroatoms. The zero-order valence-corrected chi connectivity index (χ0v) is 19.6. The Morgan fingerprint density at radius 3 is 2.67 bits per heavy atom. The molecule has 7 nitrogen and oxygen atoms in total. The minimum atomic E-state index is -0.224. The van der Waals surface area contributed by atoms with Gasteiger partial charge in [0, 0.05) is 17.7 Å². The number of hydrazone groups is 1. The van der Waals surface area contributed by atoms with Crippen LogP contribution in [0.2, 0.25) is 0 Å². The summed E-state index contributed by atoms with van der Waals surface area (Å²) in [6.45, 7) is 4.79. The van der Waals surface area contributed by atoms with E-state index in [1.165, 1.54) is 17.3 Å². The lowest BCUT2D eigenvalue weighted by molar-refractivity contribution is -0.118. The smallest absolute Gasteiger partial charge is 0.250 e.